The number of hydrogen-bond donors (Lipinski definition) is 1. The Labute approximate surface area is 105 Å². The fourth-order valence-corrected chi connectivity index (χ4v) is 1.84. The molecule has 0 bridgehead atoms. The summed E-state index contributed by atoms with van der Waals surface area (Å²) in [4.78, 5) is 6.78. The van der Waals surface area contributed by atoms with E-state index in [1.54, 1.807) is 0 Å². The zero-order valence-electron chi connectivity index (χ0n) is 11.4. The van der Waals surface area contributed by atoms with Gasteiger partial charge in [0.1, 0.15) is 5.82 Å². The predicted molar refractivity (Wildman–Crippen MR) is 74.3 cm³/mol. The highest BCUT2D eigenvalue weighted by Gasteiger charge is 2.03. The summed E-state index contributed by atoms with van der Waals surface area (Å²) < 4.78 is 0. The maximum Gasteiger partial charge on any atom is 0.126 e. The minimum absolute atomic E-state index is 0.920. The Hall–Kier alpha value is -1.09. The lowest BCUT2D eigenvalue weighted by atomic mass is 10.2. The van der Waals surface area contributed by atoms with Gasteiger partial charge in [0.15, 0.2) is 0 Å². The number of hydrogen-bond acceptors (Lipinski definition) is 3. The Kier molecular flexibility index (Phi) is 6.63. The molecule has 1 rings (SSSR count). The van der Waals surface area contributed by atoms with E-state index < -0.39 is 0 Å². The van der Waals surface area contributed by atoms with Gasteiger partial charge in [-0.2, -0.15) is 0 Å². The van der Waals surface area contributed by atoms with Gasteiger partial charge in [-0.25, -0.2) is 4.98 Å². The number of aromatic nitrogens is 1. The van der Waals surface area contributed by atoms with Crippen molar-refractivity contribution in [2.75, 3.05) is 25.0 Å². The highest BCUT2D eigenvalue weighted by Crippen LogP contribution is 2.10. The maximum atomic E-state index is 4.29. The molecule has 1 heterocycles. The fraction of sp³-hybridized carbons (Fsp3) is 0.643. The normalized spacial score (nSPS) is 10.8. The van der Waals surface area contributed by atoms with Crippen molar-refractivity contribution in [3.05, 3.63) is 23.9 Å². The van der Waals surface area contributed by atoms with Gasteiger partial charge in [0.25, 0.3) is 0 Å². The molecule has 17 heavy (non-hydrogen) atoms. The lowest BCUT2D eigenvalue weighted by molar-refractivity contribution is 0.275. The second kappa shape index (κ2) is 8.07. The topological polar surface area (TPSA) is 28.2 Å². The molecule has 1 aromatic heterocycles. The molecule has 0 aliphatic carbocycles. The molecule has 0 saturated carbocycles. The van der Waals surface area contributed by atoms with Gasteiger partial charge in [-0.1, -0.05) is 20.3 Å². The van der Waals surface area contributed by atoms with Crippen LogP contribution >= 0.6 is 0 Å². The summed E-state index contributed by atoms with van der Waals surface area (Å²) in [6, 6.07) is 4.26. The van der Waals surface area contributed by atoms with Crippen LogP contribution in [0.3, 0.4) is 0 Å². The maximum absolute atomic E-state index is 4.29. The van der Waals surface area contributed by atoms with E-state index in [-0.39, 0.29) is 0 Å². The molecule has 0 radical (unpaired) electrons. The number of pyridine rings is 1. The molecule has 3 nitrogen and oxygen atoms in total. The van der Waals surface area contributed by atoms with Crippen molar-refractivity contribution in [3.8, 4) is 0 Å². The summed E-state index contributed by atoms with van der Waals surface area (Å²) >= 11 is 0. The SMILES string of the molecule is CCCCN(CC)Cc1ccnc(NCC)c1. The van der Waals surface area contributed by atoms with Crippen molar-refractivity contribution in [2.45, 2.75) is 40.2 Å². The van der Waals surface area contributed by atoms with Crippen molar-refractivity contribution in [1.82, 2.24) is 9.88 Å². The first-order valence-electron chi connectivity index (χ1n) is 6.71. The first-order valence-corrected chi connectivity index (χ1v) is 6.71. The molecule has 0 aliphatic heterocycles. The third-order valence-electron chi connectivity index (χ3n) is 2.86. The van der Waals surface area contributed by atoms with Gasteiger partial charge in [0, 0.05) is 19.3 Å². The zero-order chi connectivity index (χ0) is 12.5. The lowest BCUT2D eigenvalue weighted by Crippen LogP contribution is -2.24. The molecule has 0 fully saturated rings. The van der Waals surface area contributed by atoms with E-state index in [9.17, 15) is 0 Å². The van der Waals surface area contributed by atoms with Crippen molar-refractivity contribution in [2.24, 2.45) is 0 Å². The molecule has 96 valence electrons. The average Bonchev–Trinajstić information content (AvgIpc) is 2.35. The van der Waals surface area contributed by atoms with Crippen LogP contribution in [0, 0.1) is 0 Å². The van der Waals surface area contributed by atoms with Crippen molar-refractivity contribution in [1.29, 1.82) is 0 Å². The number of rotatable bonds is 8. The number of unbranched alkanes of at least 4 members (excludes halogenated alkanes) is 1. The van der Waals surface area contributed by atoms with Crippen LogP contribution in [0.2, 0.25) is 0 Å². The second-order valence-electron chi connectivity index (χ2n) is 4.30. The third-order valence-corrected chi connectivity index (χ3v) is 2.86. The van der Waals surface area contributed by atoms with E-state index >= 15 is 0 Å². The van der Waals surface area contributed by atoms with Gasteiger partial charge in [-0.15, -0.1) is 0 Å². The molecular weight excluding hydrogens is 210 g/mol. The van der Waals surface area contributed by atoms with E-state index in [2.05, 4.69) is 48.1 Å². The lowest BCUT2D eigenvalue weighted by Gasteiger charge is -2.20. The number of anilines is 1. The van der Waals surface area contributed by atoms with E-state index in [1.807, 2.05) is 6.20 Å². The Balaban J connectivity index is 2.55. The predicted octanol–water partition coefficient (Wildman–Crippen LogP) is 3.14. The second-order valence-corrected chi connectivity index (χ2v) is 4.30. The summed E-state index contributed by atoms with van der Waals surface area (Å²) in [5.74, 6) is 0.983. The van der Waals surface area contributed by atoms with Crippen LogP contribution in [0.1, 0.15) is 39.2 Å². The minimum atomic E-state index is 0.920. The van der Waals surface area contributed by atoms with Crippen LogP contribution in [0.5, 0.6) is 0 Å². The van der Waals surface area contributed by atoms with Gasteiger partial charge in [0.05, 0.1) is 0 Å². The minimum Gasteiger partial charge on any atom is -0.370 e. The van der Waals surface area contributed by atoms with E-state index in [0.29, 0.717) is 0 Å². The van der Waals surface area contributed by atoms with Crippen LogP contribution in [0.4, 0.5) is 5.82 Å². The number of nitrogens with one attached hydrogen (secondary N) is 1. The number of nitrogens with zero attached hydrogens (tertiary/aromatic N) is 2. The Morgan fingerprint density at radius 2 is 2.12 bits per heavy atom. The van der Waals surface area contributed by atoms with Crippen molar-refractivity contribution < 1.29 is 0 Å². The highest BCUT2D eigenvalue weighted by molar-refractivity contribution is 5.37. The van der Waals surface area contributed by atoms with Gasteiger partial charge in [0.2, 0.25) is 0 Å². The Morgan fingerprint density at radius 1 is 1.29 bits per heavy atom. The highest BCUT2D eigenvalue weighted by atomic mass is 15.1. The fourth-order valence-electron chi connectivity index (χ4n) is 1.84. The molecule has 0 unspecified atom stereocenters. The molecule has 0 spiro atoms. The van der Waals surface area contributed by atoms with Crippen molar-refractivity contribution in [3.63, 3.8) is 0 Å². The summed E-state index contributed by atoms with van der Waals surface area (Å²) in [6.45, 7) is 10.8. The molecule has 1 aromatic rings. The monoisotopic (exact) mass is 235 g/mol. The van der Waals surface area contributed by atoms with Crippen LogP contribution in [0.15, 0.2) is 18.3 Å². The van der Waals surface area contributed by atoms with Gasteiger partial charge in [-0.3, -0.25) is 4.90 Å². The quantitative estimate of drug-likeness (QED) is 0.750. The zero-order valence-corrected chi connectivity index (χ0v) is 11.4. The molecule has 1 N–H and O–H groups in total. The summed E-state index contributed by atoms with van der Waals surface area (Å²) in [5, 5.41) is 3.25. The molecule has 0 saturated heterocycles. The molecule has 0 atom stereocenters. The van der Waals surface area contributed by atoms with Crippen LogP contribution in [0.25, 0.3) is 0 Å². The smallest absolute Gasteiger partial charge is 0.126 e. The van der Waals surface area contributed by atoms with Crippen LogP contribution < -0.4 is 5.32 Å². The van der Waals surface area contributed by atoms with E-state index in [4.69, 9.17) is 0 Å². The van der Waals surface area contributed by atoms with E-state index in [0.717, 1.165) is 25.5 Å². The average molecular weight is 235 g/mol. The summed E-state index contributed by atoms with van der Waals surface area (Å²) in [7, 11) is 0. The molecule has 0 amide bonds. The molecule has 0 aromatic carbocycles. The summed E-state index contributed by atoms with van der Waals surface area (Å²) in [5.41, 5.74) is 1.34. The standard InChI is InChI=1S/C14H25N3/c1-4-7-10-17(6-3)12-13-8-9-16-14(11-13)15-5-2/h8-9,11H,4-7,10,12H2,1-3H3,(H,15,16). The van der Waals surface area contributed by atoms with Gasteiger partial charge in [-0.05, 0) is 44.1 Å². The Morgan fingerprint density at radius 3 is 2.76 bits per heavy atom. The first kappa shape index (κ1) is 14.0. The molecule has 3 heteroatoms. The summed E-state index contributed by atoms with van der Waals surface area (Å²) in [6.07, 6.45) is 4.43. The third kappa shape index (κ3) is 5.18. The van der Waals surface area contributed by atoms with Crippen molar-refractivity contribution >= 4 is 5.82 Å². The molecule has 0 aliphatic rings. The first-order chi connectivity index (χ1) is 8.30. The Bertz CT molecular complexity index is 312. The molecular formula is C14H25N3. The van der Waals surface area contributed by atoms with Gasteiger partial charge >= 0.3 is 0 Å². The van der Waals surface area contributed by atoms with Gasteiger partial charge < -0.3 is 5.32 Å². The van der Waals surface area contributed by atoms with Crippen LogP contribution in [-0.4, -0.2) is 29.5 Å². The van der Waals surface area contributed by atoms with E-state index in [1.165, 1.54) is 24.9 Å². The largest absolute Gasteiger partial charge is 0.370 e. The van der Waals surface area contributed by atoms with Crippen LogP contribution in [-0.2, 0) is 6.54 Å².